The number of quaternary nitrogens is 1. The number of piperazine rings is 1. The quantitative estimate of drug-likeness (QED) is 0.660. The number of nitrogens with zero attached hydrogens (tertiary/aromatic N) is 2. The number of amides is 1. The Bertz CT molecular complexity index is 746. The summed E-state index contributed by atoms with van der Waals surface area (Å²) in [6.07, 6.45) is 1.15. The van der Waals surface area contributed by atoms with E-state index in [-0.39, 0.29) is 11.6 Å². The van der Waals surface area contributed by atoms with Crippen molar-refractivity contribution in [2.24, 2.45) is 0 Å². The molecule has 7 heteroatoms. The van der Waals surface area contributed by atoms with Crippen molar-refractivity contribution in [3.8, 4) is 11.3 Å². The van der Waals surface area contributed by atoms with Crippen molar-refractivity contribution in [2.45, 2.75) is 13.3 Å². The highest BCUT2D eigenvalue weighted by Gasteiger charge is 2.26. The number of carbonyl (C=O) groups is 1. The lowest BCUT2D eigenvalue weighted by molar-refractivity contribution is -0.904. The maximum Gasteiger partial charge on any atom is 0.289 e. The monoisotopic (exact) mass is 344 g/mol. The number of nitro benzene ring substituents is 1. The lowest BCUT2D eigenvalue weighted by Crippen LogP contribution is -3.14. The number of furan rings is 1. The van der Waals surface area contributed by atoms with Gasteiger partial charge in [-0.05, 0) is 30.7 Å². The molecule has 1 fully saturated rings. The van der Waals surface area contributed by atoms with Crippen LogP contribution in [0.25, 0.3) is 11.3 Å². The molecule has 3 rings (SSSR count). The molecule has 0 aliphatic carbocycles. The first-order valence-electron chi connectivity index (χ1n) is 8.56. The third-order valence-electron chi connectivity index (χ3n) is 4.54. The fourth-order valence-corrected chi connectivity index (χ4v) is 3.14. The minimum absolute atomic E-state index is 0.0269. The van der Waals surface area contributed by atoms with Gasteiger partial charge in [0.15, 0.2) is 5.76 Å². The first kappa shape index (κ1) is 17.2. The summed E-state index contributed by atoms with van der Waals surface area (Å²) in [6, 6.07) is 9.50. The van der Waals surface area contributed by atoms with Crippen molar-refractivity contribution in [1.29, 1.82) is 0 Å². The highest BCUT2D eigenvalue weighted by Crippen LogP contribution is 2.25. The van der Waals surface area contributed by atoms with Gasteiger partial charge in [-0.3, -0.25) is 14.9 Å². The molecule has 0 atom stereocenters. The lowest BCUT2D eigenvalue weighted by Gasteiger charge is -2.31. The fourth-order valence-electron chi connectivity index (χ4n) is 3.14. The van der Waals surface area contributed by atoms with Crippen LogP contribution in [0.1, 0.15) is 23.9 Å². The van der Waals surface area contributed by atoms with Crippen LogP contribution in [0.2, 0.25) is 0 Å². The molecule has 0 bridgehead atoms. The van der Waals surface area contributed by atoms with Crippen LogP contribution in [-0.2, 0) is 0 Å². The van der Waals surface area contributed by atoms with E-state index in [1.54, 1.807) is 24.3 Å². The normalized spacial score (nSPS) is 15.3. The van der Waals surface area contributed by atoms with Crippen LogP contribution in [0.3, 0.4) is 0 Å². The van der Waals surface area contributed by atoms with Gasteiger partial charge in [-0.2, -0.15) is 0 Å². The van der Waals surface area contributed by atoms with E-state index in [1.165, 1.54) is 17.0 Å². The van der Waals surface area contributed by atoms with E-state index in [0.717, 1.165) is 39.1 Å². The van der Waals surface area contributed by atoms with Gasteiger partial charge in [0.2, 0.25) is 0 Å². The van der Waals surface area contributed by atoms with Crippen LogP contribution in [0.5, 0.6) is 0 Å². The number of rotatable bonds is 5. The number of benzene rings is 1. The molecule has 1 N–H and O–H groups in total. The van der Waals surface area contributed by atoms with Gasteiger partial charge >= 0.3 is 0 Å². The molecule has 2 aromatic rings. The Kier molecular flexibility index (Phi) is 5.14. The van der Waals surface area contributed by atoms with Gasteiger partial charge in [-0.25, -0.2) is 0 Å². The summed E-state index contributed by atoms with van der Waals surface area (Å²) < 4.78 is 5.69. The molecule has 0 radical (unpaired) electrons. The topological polar surface area (TPSA) is 81.0 Å². The third kappa shape index (κ3) is 3.88. The van der Waals surface area contributed by atoms with E-state index in [9.17, 15) is 14.9 Å². The third-order valence-corrected chi connectivity index (χ3v) is 4.54. The van der Waals surface area contributed by atoms with E-state index < -0.39 is 4.92 Å². The van der Waals surface area contributed by atoms with E-state index in [4.69, 9.17) is 4.42 Å². The van der Waals surface area contributed by atoms with Crippen molar-refractivity contribution in [2.75, 3.05) is 32.7 Å². The number of carbonyl (C=O) groups excluding carboxylic acids is 1. The number of non-ortho nitro benzene ring substituents is 1. The molecule has 0 spiro atoms. The van der Waals surface area contributed by atoms with Crippen molar-refractivity contribution in [3.63, 3.8) is 0 Å². The largest absolute Gasteiger partial charge is 0.451 e. The average Bonchev–Trinajstić information content (AvgIpc) is 3.12. The summed E-state index contributed by atoms with van der Waals surface area (Å²) in [5.41, 5.74) is 0.737. The molecule has 1 aromatic carbocycles. The molecule has 1 aliphatic heterocycles. The maximum atomic E-state index is 12.6. The Labute approximate surface area is 146 Å². The van der Waals surface area contributed by atoms with Crippen LogP contribution in [0.15, 0.2) is 40.8 Å². The summed E-state index contributed by atoms with van der Waals surface area (Å²) in [5.74, 6) is 0.754. The summed E-state index contributed by atoms with van der Waals surface area (Å²) >= 11 is 0. The van der Waals surface area contributed by atoms with E-state index in [2.05, 4.69) is 6.92 Å². The Hall–Kier alpha value is -2.67. The Balaban J connectivity index is 1.67. The Morgan fingerprint density at radius 1 is 1.20 bits per heavy atom. The SMILES string of the molecule is CCC[NH+]1CCN(C(=O)c2ccc(-c3ccc([N+](=O)[O-])cc3)o2)CC1. The van der Waals surface area contributed by atoms with Gasteiger partial charge in [-0.1, -0.05) is 6.92 Å². The van der Waals surface area contributed by atoms with Gasteiger partial charge in [0, 0.05) is 17.7 Å². The smallest absolute Gasteiger partial charge is 0.289 e. The fraction of sp³-hybridized carbons (Fsp3) is 0.389. The summed E-state index contributed by atoms with van der Waals surface area (Å²) in [4.78, 5) is 26.2. The summed E-state index contributed by atoms with van der Waals surface area (Å²) in [5, 5.41) is 10.7. The van der Waals surface area contributed by atoms with Crippen molar-refractivity contribution in [1.82, 2.24) is 4.90 Å². The molecule has 1 saturated heterocycles. The predicted octanol–water partition coefficient (Wildman–Crippen LogP) is 1.61. The molecule has 1 aliphatic rings. The lowest BCUT2D eigenvalue weighted by atomic mass is 10.1. The van der Waals surface area contributed by atoms with Crippen LogP contribution in [0, 0.1) is 10.1 Å². The second kappa shape index (κ2) is 7.48. The van der Waals surface area contributed by atoms with E-state index in [0.29, 0.717) is 17.1 Å². The Morgan fingerprint density at radius 3 is 2.48 bits per heavy atom. The number of hydrogen-bond donors (Lipinski definition) is 1. The Morgan fingerprint density at radius 2 is 1.88 bits per heavy atom. The minimum Gasteiger partial charge on any atom is -0.451 e. The molecule has 0 saturated carbocycles. The standard InChI is InChI=1S/C18H21N3O4/c1-2-9-19-10-12-20(13-11-19)18(22)17-8-7-16(25-17)14-3-5-15(6-4-14)21(23)24/h3-8H,2,9-13H2,1H3/p+1. The average molecular weight is 344 g/mol. The van der Waals surface area contributed by atoms with Gasteiger partial charge in [0.25, 0.3) is 11.6 Å². The van der Waals surface area contributed by atoms with Crippen LogP contribution < -0.4 is 4.90 Å². The highest BCUT2D eigenvalue weighted by atomic mass is 16.6. The summed E-state index contributed by atoms with van der Waals surface area (Å²) in [6.45, 7) is 6.73. The van der Waals surface area contributed by atoms with Crippen molar-refractivity contribution < 1.29 is 19.0 Å². The first-order chi connectivity index (χ1) is 12.1. The summed E-state index contributed by atoms with van der Waals surface area (Å²) in [7, 11) is 0. The second-order valence-corrected chi connectivity index (χ2v) is 6.26. The molecule has 0 unspecified atom stereocenters. The van der Waals surface area contributed by atoms with Gasteiger partial charge in [0.1, 0.15) is 5.76 Å². The van der Waals surface area contributed by atoms with Crippen molar-refractivity contribution >= 4 is 11.6 Å². The van der Waals surface area contributed by atoms with Crippen LogP contribution in [-0.4, -0.2) is 48.5 Å². The van der Waals surface area contributed by atoms with Gasteiger partial charge < -0.3 is 14.2 Å². The molecule has 7 nitrogen and oxygen atoms in total. The zero-order valence-electron chi connectivity index (χ0n) is 14.2. The minimum atomic E-state index is -0.443. The van der Waals surface area contributed by atoms with Crippen molar-refractivity contribution in [3.05, 3.63) is 52.3 Å². The highest BCUT2D eigenvalue weighted by molar-refractivity contribution is 5.92. The second-order valence-electron chi connectivity index (χ2n) is 6.26. The molecule has 1 amide bonds. The number of nitrogens with one attached hydrogen (secondary N) is 1. The van der Waals surface area contributed by atoms with Gasteiger partial charge in [-0.15, -0.1) is 0 Å². The zero-order chi connectivity index (χ0) is 17.8. The van der Waals surface area contributed by atoms with E-state index >= 15 is 0 Å². The zero-order valence-corrected chi connectivity index (χ0v) is 14.2. The number of nitro groups is 1. The molecule has 25 heavy (non-hydrogen) atoms. The molecular formula is C18H22N3O4+. The maximum absolute atomic E-state index is 12.6. The molecule has 1 aromatic heterocycles. The van der Waals surface area contributed by atoms with Gasteiger partial charge in [0.05, 0.1) is 37.6 Å². The first-order valence-corrected chi connectivity index (χ1v) is 8.56. The predicted molar refractivity (Wildman–Crippen MR) is 92.6 cm³/mol. The van der Waals surface area contributed by atoms with Crippen LogP contribution in [0.4, 0.5) is 5.69 Å². The van der Waals surface area contributed by atoms with E-state index in [1.807, 2.05) is 4.90 Å². The van der Waals surface area contributed by atoms with Crippen LogP contribution >= 0.6 is 0 Å². The number of hydrogen-bond acceptors (Lipinski definition) is 4. The molecule has 132 valence electrons. The molecule has 2 heterocycles. The molecular weight excluding hydrogens is 322 g/mol.